The van der Waals surface area contributed by atoms with Gasteiger partial charge in [0.1, 0.15) is 0 Å². The number of thioether (sulfide) groups is 2. The van der Waals surface area contributed by atoms with Gasteiger partial charge in [0.25, 0.3) is 10.5 Å². The molecule has 0 fully saturated rings. The highest BCUT2D eigenvalue weighted by Crippen LogP contribution is 2.19. The van der Waals surface area contributed by atoms with E-state index in [-0.39, 0.29) is 10.9 Å². The van der Waals surface area contributed by atoms with E-state index < -0.39 is 10.4 Å². The zero-order chi connectivity index (χ0) is 39.6. The number of carbonyl (C=O) groups excluding carboxylic acids is 2. The standard InChI is InChI=1S/C10H9NO2S.C10H13NOS.C9H9NO.C8H11N.H2O4S/c1-6-3-4-8-7(5-6)9(12)13-10(11-8)14-2;1-7-4-5-9(8(2)6-7)11-10(12)13-3;1-7-3-4-9(10-6-11)8(2)5-7;1-6-3-4-8(9)7(2)5-6;1-5(2,3)4/h3-5H,1-2H3;4-6H,1-3H3,(H,11,12);3-5H,1-2H3;3-5H,9H2,1-2H3;(H2,1,2,3,4). The van der Waals surface area contributed by atoms with Crippen molar-refractivity contribution in [3.63, 3.8) is 0 Å². The van der Waals surface area contributed by atoms with E-state index in [0.29, 0.717) is 21.8 Å². The molecule has 4 aromatic carbocycles. The van der Waals surface area contributed by atoms with E-state index in [2.05, 4.69) is 34.3 Å². The molecular weight excluding hydrogens is 725 g/mol. The summed E-state index contributed by atoms with van der Waals surface area (Å²) in [5, 5.41) is 3.74. The highest BCUT2D eigenvalue weighted by molar-refractivity contribution is 8.13. The first-order valence-corrected chi connectivity index (χ1v) is 19.2. The molecule has 1 amide bonds. The molecule has 52 heavy (non-hydrogen) atoms. The second kappa shape index (κ2) is 22.2. The van der Waals surface area contributed by atoms with Crippen LogP contribution in [0.3, 0.4) is 0 Å². The van der Waals surface area contributed by atoms with Crippen LogP contribution in [0, 0.1) is 48.5 Å². The van der Waals surface area contributed by atoms with Crippen LogP contribution in [-0.4, -0.2) is 46.3 Å². The largest absolute Gasteiger partial charge is 0.399 e. The fourth-order valence-corrected chi connectivity index (χ4v) is 4.73. The predicted octanol–water partition coefficient (Wildman–Crippen LogP) is 8.92. The van der Waals surface area contributed by atoms with E-state index in [9.17, 15) is 14.4 Å². The van der Waals surface area contributed by atoms with E-state index in [4.69, 9.17) is 27.7 Å². The molecule has 0 spiro atoms. The van der Waals surface area contributed by atoms with Gasteiger partial charge in [-0.15, -0.1) is 0 Å². The molecule has 0 aliphatic heterocycles. The Balaban J connectivity index is 0.000000336. The maximum absolute atomic E-state index is 11.5. The van der Waals surface area contributed by atoms with Crippen molar-refractivity contribution >= 4 is 73.2 Å². The number of aliphatic imine (C=N–C) groups is 1. The van der Waals surface area contributed by atoms with Gasteiger partial charge in [-0.1, -0.05) is 88.2 Å². The lowest BCUT2D eigenvalue weighted by Gasteiger charge is -2.07. The second-order valence-electron chi connectivity index (χ2n) is 11.2. The lowest BCUT2D eigenvalue weighted by molar-refractivity contribution is 0.270. The zero-order valence-corrected chi connectivity index (χ0v) is 32.9. The van der Waals surface area contributed by atoms with E-state index in [1.807, 2.05) is 102 Å². The van der Waals surface area contributed by atoms with Gasteiger partial charge >= 0.3 is 16.0 Å². The number of nitrogens with zero attached hydrogens (tertiary/aromatic N) is 2. The summed E-state index contributed by atoms with van der Waals surface area (Å²) in [6.07, 6.45) is 5.11. The summed E-state index contributed by atoms with van der Waals surface area (Å²) in [6, 6.07) is 23.3. The van der Waals surface area contributed by atoms with Crippen molar-refractivity contribution in [2.45, 2.75) is 53.7 Å². The molecule has 1 heterocycles. The number of benzene rings is 4. The number of nitrogen functional groups attached to an aromatic ring is 1. The van der Waals surface area contributed by atoms with E-state index in [0.717, 1.165) is 33.6 Å². The quantitative estimate of drug-likeness (QED) is 0.0447. The number of isocyanates is 1. The first-order chi connectivity index (χ1) is 24.3. The van der Waals surface area contributed by atoms with E-state index in [1.165, 1.54) is 46.3 Å². The van der Waals surface area contributed by atoms with Crippen LogP contribution >= 0.6 is 23.5 Å². The van der Waals surface area contributed by atoms with Crippen molar-refractivity contribution in [1.82, 2.24) is 4.98 Å². The van der Waals surface area contributed by atoms with Gasteiger partial charge in [-0.3, -0.25) is 13.9 Å². The van der Waals surface area contributed by atoms with Crippen molar-refractivity contribution in [2.75, 3.05) is 23.6 Å². The molecule has 278 valence electrons. The minimum atomic E-state index is -4.67. The number of aryl methyl sites for hydroxylation is 7. The third kappa shape index (κ3) is 17.9. The highest BCUT2D eigenvalue weighted by atomic mass is 32.3. The Bertz CT molecular complexity index is 2170. The summed E-state index contributed by atoms with van der Waals surface area (Å²) in [5.74, 6) is 0. The summed E-state index contributed by atoms with van der Waals surface area (Å²) in [5.41, 5.74) is 16.4. The van der Waals surface area contributed by atoms with Gasteiger partial charge in [-0.05, 0) is 108 Å². The molecule has 15 heteroatoms. The average molecular weight is 769 g/mol. The molecular formula is C37H44N4O8S3. The van der Waals surface area contributed by atoms with E-state index >= 15 is 0 Å². The molecule has 0 saturated carbocycles. The molecule has 0 unspecified atom stereocenters. The lowest BCUT2D eigenvalue weighted by atomic mass is 10.1. The van der Waals surface area contributed by atoms with Crippen LogP contribution in [0.4, 0.5) is 21.9 Å². The maximum Gasteiger partial charge on any atom is 0.394 e. The summed E-state index contributed by atoms with van der Waals surface area (Å²) < 4.78 is 36.6. The van der Waals surface area contributed by atoms with Crippen LogP contribution in [0.25, 0.3) is 10.9 Å². The Labute approximate surface area is 312 Å². The minimum absolute atomic E-state index is 0.0213. The fraction of sp³-hybridized carbons (Fsp3) is 0.243. The van der Waals surface area contributed by atoms with Crippen molar-refractivity contribution in [2.24, 2.45) is 4.99 Å². The number of aromatic nitrogens is 1. The second-order valence-corrected chi connectivity index (χ2v) is 13.7. The Morgan fingerprint density at radius 1 is 0.808 bits per heavy atom. The zero-order valence-electron chi connectivity index (χ0n) is 30.5. The smallest absolute Gasteiger partial charge is 0.394 e. The summed E-state index contributed by atoms with van der Waals surface area (Å²) in [4.78, 5) is 40.2. The highest BCUT2D eigenvalue weighted by Gasteiger charge is 2.05. The first kappa shape index (κ1) is 45.3. The molecule has 5 N–H and O–H groups in total. The van der Waals surface area contributed by atoms with Crippen molar-refractivity contribution in [3.05, 3.63) is 122 Å². The summed E-state index contributed by atoms with van der Waals surface area (Å²) in [6.45, 7) is 14.0. The third-order valence-electron chi connectivity index (χ3n) is 6.69. The molecule has 0 bridgehead atoms. The number of fused-ring (bicyclic) bond motifs is 1. The van der Waals surface area contributed by atoms with Gasteiger partial charge in [-0.2, -0.15) is 13.4 Å². The summed E-state index contributed by atoms with van der Waals surface area (Å²) in [7, 11) is -4.67. The minimum Gasteiger partial charge on any atom is -0.399 e. The molecule has 12 nitrogen and oxygen atoms in total. The molecule has 5 aromatic rings. The van der Waals surface area contributed by atoms with Gasteiger partial charge < -0.3 is 15.5 Å². The van der Waals surface area contributed by atoms with Crippen LogP contribution in [-0.2, 0) is 15.2 Å². The lowest BCUT2D eigenvalue weighted by Crippen LogP contribution is -2.05. The number of carbonyl (C=O) groups is 1. The number of rotatable bonds is 3. The number of hydrogen-bond acceptors (Lipinski definition) is 11. The Morgan fingerprint density at radius 2 is 1.31 bits per heavy atom. The van der Waals surface area contributed by atoms with E-state index in [1.54, 1.807) is 12.3 Å². The van der Waals surface area contributed by atoms with Gasteiger partial charge in [0.05, 0.1) is 16.6 Å². The third-order valence-corrected chi connectivity index (χ3v) is 7.68. The van der Waals surface area contributed by atoms with Crippen molar-refractivity contribution < 1.29 is 31.5 Å². The molecule has 0 saturated heterocycles. The molecule has 0 aliphatic carbocycles. The van der Waals surface area contributed by atoms with Gasteiger partial charge in [0, 0.05) is 11.4 Å². The number of anilines is 2. The monoisotopic (exact) mass is 768 g/mol. The SMILES string of the molecule is CSC(=O)Nc1ccc(C)cc1C.CSc1nc2ccc(C)cc2c(=O)o1.Cc1ccc(N)c(C)c1.Cc1ccc(N=C=O)c(C)c1.O=S(=O)(O)O. The normalized spacial score (nSPS) is 9.98. The van der Waals surface area contributed by atoms with Gasteiger partial charge in [0.2, 0.25) is 6.08 Å². The predicted molar refractivity (Wildman–Crippen MR) is 213 cm³/mol. The summed E-state index contributed by atoms with van der Waals surface area (Å²) >= 11 is 2.51. The van der Waals surface area contributed by atoms with Crippen LogP contribution in [0.5, 0.6) is 0 Å². The molecule has 0 radical (unpaired) electrons. The Kier molecular flexibility index (Phi) is 19.4. The van der Waals surface area contributed by atoms with Crippen LogP contribution in [0.2, 0.25) is 0 Å². The van der Waals surface area contributed by atoms with Crippen LogP contribution in [0.15, 0.2) is 92.2 Å². The molecule has 0 aliphatic rings. The number of amides is 1. The van der Waals surface area contributed by atoms with Crippen molar-refractivity contribution in [3.8, 4) is 0 Å². The number of hydrogen-bond donors (Lipinski definition) is 4. The Morgan fingerprint density at radius 3 is 1.79 bits per heavy atom. The van der Waals surface area contributed by atoms with Gasteiger partial charge in [-0.25, -0.2) is 14.6 Å². The number of nitrogens with two attached hydrogens (primary N) is 1. The maximum atomic E-state index is 11.5. The fourth-order valence-electron chi connectivity index (χ4n) is 4.17. The number of nitrogens with one attached hydrogen (secondary N) is 1. The van der Waals surface area contributed by atoms with Crippen LogP contribution < -0.4 is 16.7 Å². The Hall–Kier alpha value is -4.76. The first-order valence-electron chi connectivity index (χ1n) is 15.3. The molecule has 5 rings (SSSR count). The molecule has 1 aromatic heterocycles. The van der Waals surface area contributed by atoms with Crippen molar-refractivity contribution in [1.29, 1.82) is 0 Å². The topological polar surface area (TPSA) is 202 Å². The van der Waals surface area contributed by atoms with Gasteiger partial charge in [0.15, 0.2) is 0 Å². The van der Waals surface area contributed by atoms with Crippen LogP contribution in [0.1, 0.15) is 38.9 Å². The average Bonchev–Trinajstić information content (AvgIpc) is 3.06. The molecule has 0 atom stereocenters.